The second kappa shape index (κ2) is 2.71. The second-order valence-corrected chi connectivity index (χ2v) is 5.09. The average molecular weight is 217 g/mol. The number of H-pyrrole nitrogens is 1. The van der Waals surface area contributed by atoms with E-state index in [9.17, 15) is 8.42 Å². The van der Waals surface area contributed by atoms with Gasteiger partial charge in [-0.25, -0.2) is 13.4 Å². The number of pyridine rings is 1. The first-order valence-electron chi connectivity index (χ1n) is 3.45. The standard InChI is InChI=1S/C7H5ClN2O2S/c8-13(11,12)6-3-5-1-2-9-7(5)10-4-6/h1-4H,(H,9,10). The van der Waals surface area contributed by atoms with Gasteiger partial charge in [0, 0.05) is 28.5 Å². The Labute approximate surface area is 79.0 Å². The monoisotopic (exact) mass is 216 g/mol. The molecule has 0 bridgehead atoms. The summed E-state index contributed by atoms with van der Waals surface area (Å²) in [7, 11) is 1.47. The van der Waals surface area contributed by atoms with Crippen LogP contribution in [0, 0.1) is 0 Å². The van der Waals surface area contributed by atoms with E-state index in [1.807, 2.05) is 0 Å². The van der Waals surface area contributed by atoms with E-state index in [2.05, 4.69) is 9.97 Å². The fourth-order valence-electron chi connectivity index (χ4n) is 1.05. The lowest BCUT2D eigenvalue weighted by Crippen LogP contribution is -1.91. The quantitative estimate of drug-likeness (QED) is 0.735. The van der Waals surface area contributed by atoms with Gasteiger partial charge >= 0.3 is 0 Å². The first-order chi connectivity index (χ1) is 6.07. The molecule has 0 aliphatic rings. The largest absolute Gasteiger partial charge is 0.346 e. The molecule has 1 N–H and O–H groups in total. The van der Waals surface area contributed by atoms with Crippen molar-refractivity contribution in [3.05, 3.63) is 24.5 Å². The SMILES string of the molecule is O=S(=O)(Cl)c1cnc2[nH]ccc2c1. The highest BCUT2D eigenvalue weighted by Gasteiger charge is 2.10. The van der Waals surface area contributed by atoms with Crippen LogP contribution < -0.4 is 0 Å². The van der Waals surface area contributed by atoms with Crippen molar-refractivity contribution in [3.8, 4) is 0 Å². The van der Waals surface area contributed by atoms with Gasteiger partial charge in [0.2, 0.25) is 0 Å². The first kappa shape index (κ1) is 8.52. The van der Waals surface area contributed by atoms with E-state index < -0.39 is 9.05 Å². The van der Waals surface area contributed by atoms with Crippen molar-refractivity contribution in [3.63, 3.8) is 0 Å². The van der Waals surface area contributed by atoms with Crippen LogP contribution in [-0.4, -0.2) is 18.4 Å². The summed E-state index contributed by atoms with van der Waals surface area (Å²) in [5, 5.41) is 0.724. The Hall–Kier alpha value is -1.07. The van der Waals surface area contributed by atoms with Crippen LogP contribution >= 0.6 is 10.7 Å². The van der Waals surface area contributed by atoms with Crippen molar-refractivity contribution >= 4 is 30.8 Å². The molecular weight excluding hydrogens is 212 g/mol. The van der Waals surface area contributed by atoms with Gasteiger partial charge in [0.1, 0.15) is 10.5 Å². The van der Waals surface area contributed by atoms with Crippen molar-refractivity contribution in [1.29, 1.82) is 0 Å². The van der Waals surface area contributed by atoms with Gasteiger partial charge in [-0.2, -0.15) is 0 Å². The Bertz CT molecular complexity index is 546. The summed E-state index contributed by atoms with van der Waals surface area (Å²) in [6, 6.07) is 3.20. The van der Waals surface area contributed by atoms with E-state index in [0.717, 1.165) is 5.39 Å². The average Bonchev–Trinajstić information content (AvgIpc) is 2.47. The number of hydrogen-bond donors (Lipinski definition) is 1. The number of halogens is 1. The Morgan fingerprint density at radius 2 is 2.23 bits per heavy atom. The van der Waals surface area contributed by atoms with E-state index in [1.54, 1.807) is 12.3 Å². The van der Waals surface area contributed by atoms with Gasteiger partial charge in [-0.3, -0.25) is 0 Å². The normalized spacial score (nSPS) is 12.1. The molecule has 13 heavy (non-hydrogen) atoms. The van der Waals surface area contributed by atoms with Crippen LogP contribution in [0.1, 0.15) is 0 Å². The third kappa shape index (κ3) is 1.52. The van der Waals surface area contributed by atoms with Crippen LogP contribution in [0.25, 0.3) is 11.0 Å². The molecule has 0 unspecified atom stereocenters. The third-order valence-corrected chi connectivity index (χ3v) is 2.98. The van der Waals surface area contributed by atoms with Gasteiger partial charge < -0.3 is 4.98 Å². The molecule has 0 saturated heterocycles. The Balaban J connectivity index is 2.75. The number of fused-ring (bicyclic) bond motifs is 1. The minimum absolute atomic E-state index is 0.0151. The predicted molar refractivity (Wildman–Crippen MR) is 49.1 cm³/mol. The van der Waals surface area contributed by atoms with Crippen molar-refractivity contribution in [1.82, 2.24) is 9.97 Å². The van der Waals surface area contributed by atoms with Crippen LogP contribution in [0.3, 0.4) is 0 Å². The molecule has 0 aromatic carbocycles. The Kier molecular flexibility index (Phi) is 1.78. The molecule has 2 aromatic rings. The Morgan fingerprint density at radius 1 is 1.46 bits per heavy atom. The first-order valence-corrected chi connectivity index (χ1v) is 5.76. The lowest BCUT2D eigenvalue weighted by Gasteiger charge is -1.94. The minimum Gasteiger partial charge on any atom is -0.346 e. The predicted octanol–water partition coefficient (Wildman–Crippen LogP) is 1.49. The van der Waals surface area contributed by atoms with E-state index >= 15 is 0 Å². The van der Waals surface area contributed by atoms with Gasteiger partial charge in [-0.05, 0) is 12.1 Å². The number of rotatable bonds is 1. The van der Waals surface area contributed by atoms with E-state index in [0.29, 0.717) is 5.65 Å². The summed E-state index contributed by atoms with van der Waals surface area (Å²) in [5.74, 6) is 0. The van der Waals surface area contributed by atoms with E-state index in [1.165, 1.54) is 12.3 Å². The van der Waals surface area contributed by atoms with Crippen LogP contribution in [0.4, 0.5) is 0 Å². The molecule has 6 heteroatoms. The Morgan fingerprint density at radius 3 is 2.92 bits per heavy atom. The molecule has 0 fully saturated rings. The zero-order valence-corrected chi connectivity index (χ0v) is 7.93. The van der Waals surface area contributed by atoms with Crippen molar-refractivity contribution in [2.24, 2.45) is 0 Å². The molecule has 0 aliphatic carbocycles. The summed E-state index contributed by atoms with van der Waals surface area (Å²) in [6.07, 6.45) is 2.91. The molecule has 0 atom stereocenters. The maximum absolute atomic E-state index is 10.9. The lowest BCUT2D eigenvalue weighted by atomic mass is 10.3. The maximum Gasteiger partial charge on any atom is 0.262 e. The zero-order chi connectivity index (χ0) is 9.47. The molecular formula is C7H5ClN2O2S. The molecule has 2 rings (SSSR count). The molecule has 0 radical (unpaired) electrons. The summed E-state index contributed by atoms with van der Waals surface area (Å²) in [4.78, 5) is 6.75. The second-order valence-electron chi connectivity index (χ2n) is 2.52. The molecule has 0 aliphatic heterocycles. The third-order valence-electron chi connectivity index (χ3n) is 1.66. The van der Waals surface area contributed by atoms with Gasteiger partial charge in [0.15, 0.2) is 0 Å². The van der Waals surface area contributed by atoms with Gasteiger partial charge in [-0.1, -0.05) is 0 Å². The van der Waals surface area contributed by atoms with Crippen LogP contribution in [-0.2, 0) is 9.05 Å². The maximum atomic E-state index is 10.9. The van der Waals surface area contributed by atoms with Crippen molar-refractivity contribution in [2.75, 3.05) is 0 Å². The summed E-state index contributed by atoms with van der Waals surface area (Å²) < 4.78 is 21.8. The highest BCUT2D eigenvalue weighted by atomic mass is 35.7. The van der Waals surface area contributed by atoms with Crippen LogP contribution in [0.5, 0.6) is 0 Å². The van der Waals surface area contributed by atoms with Crippen LogP contribution in [0.15, 0.2) is 29.4 Å². The summed E-state index contributed by atoms with van der Waals surface area (Å²) >= 11 is 0. The molecule has 68 valence electrons. The van der Waals surface area contributed by atoms with Crippen LogP contribution in [0.2, 0.25) is 0 Å². The fourth-order valence-corrected chi connectivity index (χ4v) is 1.75. The number of nitrogens with zero attached hydrogens (tertiary/aromatic N) is 1. The number of aromatic nitrogens is 2. The highest BCUT2D eigenvalue weighted by molar-refractivity contribution is 8.13. The fraction of sp³-hybridized carbons (Fsp3) is 0. The smallest absolute Gasteiger partial charge is 0.262 e. The molecule has 4 nitrogen and oxygen atoms in total. The van der Waals surface area contributed by atoms with Gasteiger partial charge in [0.25, 0.3) is 9.05 Å². The zero-order valence-electron chi connectivity index (χ0n) is 6.36. The molecule has 0 spiro atoms. The number of nitrogens with one attached hydrogen (secondary N) is 1. The van der Waals surface area contributed by atoms with E-state index in [-0.39, 0.29) is 4.90 Å². The molecule has 0 saturated carbocycles. The number of aromatic amines is 1. The van der Waals surface area contributed by atoms with Crippen molar-refractivity contribution < 1.29 is 8.42 Å². The number of hydrogen-bond acceptors (Lipinski definition) is 3. The van der Waals surface area contributed by atoms with Crippen molar-refractivity contribution in [2.45, 2.75) is 4.90 Å². The van der Waals surface area contributed by atoms with Gasteiger partial charge in [0.05, 0.1) is 0 Å². The molecule has 0 amide bonds. The topological polar surface area (TPSA) is 62.8 Å². The summed E-state index contributed by atoms with van der Waals surface area (Å²) in [6.45, 7) is 0. The molecule has 2 aromatic heterocycles. The highest BCUT2D eigenvalue weighted by Crippen LogP contribution is 2.18. The summed E-state index contributed by atoms with van der Waals surface area (Å²) in [5.41, 5.74) is 0.643. The van der Waals surface area contributed by atoms with E-state index in [4.69, 9.17) is 10.7 Å². The lowest BCUT2D eigenvalue weighted by molar-refractivity contribution is 0.609. The molecule has 2 heterocycles. The van der Waals surface area contributed by atoms with Gasteiger partial charge in [-0.15, -0.1) is 0 Å². The minimum atomic E-state index is -3.68.